The summed E-state index contributed by atoms with van der Waals surface area (Å²) < 4.78 is 0. The molecule has 0 saturated heterocycles. The van der Waals surface area contributed by atoms with Crippen LogP contribution in [0.1, 0.15) is 45.1 Å². The Bertz CT molecular complexity index is 686. The summed E-state index contributed by atoms with van der Waals surface area (Å²) in [6, 6.07) is 15.6. The lowest BCUT2D eigenvalue weighted by Crippen LogP contribution is -2.25. The van der Waals surface area contributed by atoms with E-state index in [0.29, 0.717) is 0 Å². The maximum Gasteiger partial charge on any atom is 0.0858 e. The van der Waals surface area contributed by atoms with Gasteiger partial charge in [-0.25, -0.2) is 0 Å². The van der Waals surface area contributed by atoms with E-state index >= 15 is 0 Å². The third-order valence-corrected chi connectivity index (χ3v) is 4.07. The van der Waals surface area contributed by atoms with Gasteiger partial charge in [0.05, 0.1) is 11.4 Å². The molecule has 0 aliphatic rings. The molecule has 0 bridgehead atoms. The standard InChI is InChI=1S/C22H26N3/c1-4-7-17-25(18-8-5-2)22-15-13-21(14-16-22)24-23-20-11-9-19(6-3)10-12-20/h9-16H,4-5,7-8,17-18H2,1-2H3/q-1. The second-order valence-electron chi connectivity index (χ2n) is 6.08. The molecule has 0 amide bonds. The molecule has 0 aromatic heterocycles. The van der Waals surface area contributed by atoms with Gasteiger partial charge in [0, 0.05) is 18.8 Å². The first-order chi connectivity index (χ1) is 12.3. The number of nitrogens with zero attached hydrogens (tertiary/aromatic N) is 3. The summed E-state index contributed by atoms with van der Waals surface area (Å²) in [6.45, 7) is 6.67. The van der Waals surface area contributed by atoms with Crippen molar-refractivity contribution in [1.82, 2.24) is 0 Å². The quantitative estimate of drug-likeness (QED) is 0.295. The lowest BCUT2D eigenvalue weighted by Gasteiger charge is -2.24. The maximum absolute atomic E-state index is 7.08. The van der Waals surface area contributed by atoms with Crippen LogP contribution in [0.3, 0.4) is 0 Å². The van der Waals surface area contributed by atoms with Gasteiger partial charge in [-0.05, 0) is 37.1 Å². The normalized spacial score (nSPS) is 10.8. The predicted molar refractivity (Wildman–Crippen MR) is 105 cm³/mol. The van der Waals surface area contributed by atoms with Gasteiger partial charge < -0.3 is 11.3 Å². The molecule has 130 valence electrons. The molecule has 2 aromatic carbocycles. The van der Waals surface area contributed by atoms with Gasteiger partial charge in [0.1, 0.15) is 0 Å². The number of unbranched alkanes of at least 4 members (excludes halogenated alkanes) is 2. The molecular weight excluding hydrogens is 306 g/mol. The second kappa shape index (κ2) is 10.3. The first kappa shape index (κ1) is 18.7. The van der Waals surface area contributed by atoms with Crippen LogP contribution in [0.15, 0.2) is 58.8 Å². The predicted octanol–water partition coefficient (Wildman–Crippen LogP) is 6.45. The van der Waals surface area contributed by atoms with Crippen molar-refractivity contribution < 1.29 is 0 Å². The molecule has 0 aliphatic carbocycles. The summed E-state index contributed by atoms with van der Waals surface area (Å²) >= 11 is 0. The first-order valence-electron chi connectivity index (χ1n) is 9.06. The topological polar surface area (TPSA) is 28.0 Å². The molecule has 3 nitrogen and oxygen atoms in total. The van der Waals surface area contributed by atoms with Crippen LogP contribution in [0.5, 0.6) is 0 Å². The molecule has 2 rings (SSSR count). The van der Waals surface area contributed by atoms with Crippen molar-refractivity contribution in [2.45, 2.75) is 39.5 Å². The van der Waals surface area contributed by atoms with E-state index in [1.165, 1.54) is 31.4 Å². The van der Waals surface area contributed by atoms with Crippen molar-refractivity contribution in [3.8, 4) is 5.92 Å². The van der Waals surface area contributed by atoms with E-state index in [4.69, 9.17) is 6.42 Å². The van der Waals surface area contributed by atoms with Crippen molar-refractivity contribution in [1.29, 1.82) is 0 Å². The van der Waals surface area contributed by atoms with Crippen LogP contribution in [0, 0.1) is 12.3 Å². The van der Waals surface area contributed by atoms with Gasteiger partial charge in [-0.2, -0.15) is 10.2 Å². The Morgan fingerprint density at radius 3 is 1.72 bits per heavy atom. The Morgan fingerprint density at radius 1 is 0.800 bits per heavy atom. The van der Waals surface area contributed by atoms with Gasteiger partial charge in [0.25, 0.3) is 0 Å². The fourth-order valence-electron chi connectivity index (χ4n) is 2.52. The van der Waals surface area contributed by atoms with Gasteiger partial charge in [-0.15, -0.1) is 17.7 Å². The van der Waals surface area contributed by atoms with Gasteiger partial charge in [0.15, 0.2) is 0 Å². The van der Waals surface area contributed by atoms with Crippen molar-refractivity contribution in [3.63, 3.8) is 0 Å². The van der Waals surface area contributed by atoms with E-state index in [2.05, 4.69) is 47.0 Å². The Kier molecular flexibility index (Phi) is 7.72. The Morgan fingerprint density at radius 2 is 1.28 bits per heavy atom. The molecule has 25 heavy (non-hydrogen) atoms. The highest BCUT2D eigenvalue weighted by Gasteiger charge is 2.05. The average Bonchev–Trinajstić information content (AvgIpc) is 2.67. The smallest absolute Gasteiger partial charge is 0.0858 e. The zero-order valence-corrected chi connectivity index (χ0v) is 15.2. The minimum atomic E-state index is 0.738. The molecule has 0 spiro atoms. The lowest BCUT2D eigenvalue weighted by atomic mass is 10.2. The fraction of sp³-hybridized carbons (Fsp3) is 0.364. The Balaban J connectivity index is 2.03. The summed E-state index contributed by atoms with van der Waals surface area (Å²) in [6.07, 6.45) is 11.9. The third kappa shape index (κ3) is 6.08. The molecule has 0 heterocycles. The third-order valence-electron chi connectivity index (χ3n) is 4.07. The second-order valence-corrected chi connectivity index (χ2v) is 6.08. The number of hydrogen-bond acceptors (Lipinski definition) is 3. The average molecular weight is 332 g/mol. The van der Waals surface area contributed by atoms with Crippen molar-refractivity contribution in [3.05, 3.63) is 60.5 Å². The largest absolute Gasteiger partial charge is 0.372 e. The van der Waals surface area contributed by atoms with E-state index in [9.17, 15) is 0 Å². The highest BCUT2D eigenvalue weighted by atomic mass is 15.1. The molecule has 0 fully saturated rings. The monoisotopic (exact) mass is 332 g/mol. The van der Waals surface area contributed by atoms with Crippen molar-refractivity contribution >= 4 is 17.1 Å². The molecule has 0 atom stereocenters. The zero-order chi connectivity index (χ0) is 17.9. The van der Waals surface area contributed by atoms with Crippen molar-refractivity contribution in [2.75, 3.05) is 18.0 Å². The lowest BCUT2D eigenvalue weighted by molar-refractivity contribution is 0.678. The zero-order valence-electron chi connectivity index (χ0n) is 15.2. The maximum atomic E-state index is 7.08. The van der Waals surface area contributed by atoms with Crippen LogP contribution < -0.4 is 4.90 Å². The van der Waals surface area contributed by atoms with E-state index in [1.54, 1.807) is 0 Å². The highest BCUT2D eigenvalue weighted by molar-refractivity contribution is 5.53. The van der Waals surface area contributed by atoms with E-state index in [1.807, 2.05) is 36.4 Å². The number of rotatable bonds is 9. The molecular formula is C22H26N3-. The summed E-state index contributed by atoms with van der Waals surface area (Å²) in [7, 11) is 0. The van der Waals surface area contributed by atoms with Gasteiger partial charge in [-0.1, -0.05) is 38.8 Å². The van der Waals surface area contributed by atoms with Crippen LogP contribution in [0.2, 0.25) is 0 Å². The molecule has 0 saturated carbocycles. The van der Waals surface area contributed by atoms with E-state index in [-0.39, 0.29) is 0 Å². The minimum absolute atomic E-state index is 0.738. The van der Waals surface area contributed by atoms with Crippen LogP contribution in [0.25, 0.3) is 0 Å². The summed E-state index contributed by atoms with van der Waals surface area (Å²) in [5.41, 5.74) is 3.61. The number of hydrogen-bond donors (Lipinski definition) is 0. The van der Waals surface area contributed by atoms with Crippen molar-refractivity contribution in [2.24, 2.45) is 10.2 Å². The van der Waals surface area contributed by atoms with Gasteiger partial charge >= 0.3 is 0 Å². The Labute approximate surface area is 151 Å². The van der Waals surface area contributed by atoms with Crippen LogP contribution in [-0.2, 0) is 0 Å². The van der Waals surface area contributed by atoms with Crippen LogP contribution in [0.4, 0.5) is 17.1 Å². The minimum Gasteiger partial charge on any atom is -0.372 e. The molecule has 0 radical (unpaired) electrons. The van der Waals surface area contributed by atoms with Gasteiger partial charge in [0.2, 0.25) is 0 Å². The molecule has 2 aromatic rings. The SMILES string of the molecule is [C-]#Cc1ccc(N=Nc2ccc(N(CCCC)CCCC)cc2)cc1. The van der Waals surface area contributed by atoms with E-state index in [0.717, 1.165) is 30.0 Å². The molecule has 0 unspecified atom stereocenters. The number of benzene rings is 2. The molecule has 3 heteroatoms. The van der Waals surface area contributed by atoms with E-state index < -0.39 is 0 Å². The fourth-order valence-corrected chi connectivity index (χ4v) is 2.52. The van der Waals surface area contributed by atoms with Gasteiger partial charge in [-0.3, -0.25) is 5.92 Å². The number of azo groups is 1. The van der Waals surface area contributed by atoms with Crippen LogP contribution in [-0.4, -0.2) is 13.1 Å². The molecule has 0 aliphatic heterocycles. The highest BCUT2D eigenvalue weighted by Crippen LogP contribution is 2.23. The molecule has 0 N–H and O–H groups in total. The summed E-state index contributed by atoms with van der Waals surface area (Å²) in [5.74, 6) is 2.35. The summed E-state index contributed by atoms with van der Waals surface area (Å²) in [4.78, 5) is 2.46. The van der Waals surface area contributed by atoms with Crippen LogP contribution >= 0.6 is 0 Å². The number of anilines is 1. The first-order valence-corrected chi connectivity index (χ1v) is 9.06. The summed E-state index contributed by atoms with van der Waals surface area (Å²) in [5, 5.41) is 8.54. The Hall–Kier alpha value is -2.60.